The summed E-state index contributed by atoms with van der Waals surface area (Å²) in [7, 11) is 0. The van der Waals surface area contributed by atoms with Gasteiger partial charge in [0.25, 0.3) is 0 Å². The number of nitrogens with one attached hydrogen (secondary N) is 3. The highest BCUT2D eigenvalue weighted by Gasteiger charge is 2.41. The van der Waals surface area contributed by atoms with E-state index in [1.54, 1.807) is 23.1 Å². The number of carbonyl (C=O) groups excluding carboxylic acids is 1. The molecule has 0 saturated heterocycles. The first-order chi connectivity index (χ1) is 16.2. The summed E-state index contributed by atoms with van der Waals surface area (Å²) in [5.41, 5.74) is 3.77. The zero-order valence-corrected chi connectivity index (χ0v) is 21.7. The van der Waals surface area contributed by atoms with Crippen molar-refractivity contribution in [1.29, 1.82) is 0 Å². The van der Waals surface area contributed by atoms with Crippen molar-refractivity contribution in [1.82, 2.24) is 5.32 Å². The average Bonchev–Trinajstić information content (AvgIpc) is 3.31. The predicted molar refractivity (Wildman–Crippen MR) is 141 cm³/mol. The number of amides is 2. The number of rotatable bonds is 4. The van der Waals surface area contributed by atoms with Crippen LogP contribution in [0.1, 0.15) is 25.0 Å². The first-order valence-corrected chi connectivity index (χ1v) is 12.4. The van der Waals surface area contributed by atoms with E-state index in [9.17, 15) is 4.79 Å². The van der Waals surface area contributed by atoms with Crippen molar-refractivity contribution in [3.8, 4) is 5.75 Å². The van der Waals surface area contributed by atoms with E-state index in [1.807, 2.05) is 50.2 Å². The highest BCUT2D eigenvalue weighted by Crippen LogP contribution is 2.48. The Morgan fingerprint density at radius 1 is 1.15 bits per heavy atom. The smallest absolute Gasteiger partial charge is 0.325 e. The van der Waals surface area contributed by atoms with Gasteiger partial charge < -0.3 is 20.7 Å². The normalized spacial score (nSPS) is 17.4. The molecule has 3 N–H and O–H groups in total. The van der Waals surface area contributed by atoms with Crippen LogP contribution in [0.15, 0.2) is 59.1 Å². The molecule has 0 radical (unpaired) electrons. The number of hydrogen-bond acceptors (Lipinski definition) is 4. The highest BCUT2D eigenvalue weighted by atomic mass is 79.9. The number of fused-ring (bicyclic) bond motifs is 3. The molecule has 3 aromatic rings. The Hall–Kier alpha value is -2.61. The van der Waals surface area contributed by atoms with Gasteiger partial charge in [-0.1, -0.05) is 63.4 Å². The van der Waals surface area contributed by atoms with Crippen molar-refractivity contribution >= 4 is 62.2 Å². The lowest BCUT2D eigenvalue weighted by atomic mass is 9.99. The van der Waals surface area contributed by atoms with E-state index in [2.05, 4.69) is 31.9 Å². The number of ether oxygens (including phenoxy) is 1. The fourth-order valence-corrected chi connectivity index (χ4v) is 5.30. The fraction of sp³-hybridized carbons (Fsp3) is 0.240. The van der Waals surface area contributed by atoms with E-state index >= 15 is 0 Å². The molecule has 2 heterocycles. The summed E-state index contributed by atoms with van der Waals surface area (Å²) in [6, 6.07) is 16.7. The minimum Gasteiger partial charge on any atom is -0.487 e. The number of para-hydroxylation sites is 1. The Morgan fingerprint density at radius 2 is 1.88 bits per heavy atom. The molecular weight excluding hydrogens is 539 g/mol. The van der Waals surface area contributed by atoms with Gasteiger partial charge in [-0.2, -0.15) is 0 Å². The molecule has 0 bridgehead atoms. The van der Waals surface area contributed by atoms with Crippen molar-refractivity contribution in [2.24, 2.45) is 0 Å². The van der Waals surface area contributed by atoms with Gasteiger partial charge in [0.05, 0.1) is 27.1 Å². The van der Waals surface area contributed by atoms with E-state index < -0.39 is 6.29 Å². The lowest BCUT2D eigenvalue weighted by molar-refractivity contribution is 0.138. The van der Waals surface area contributed by atoms with Crippen LogP contribution >= 0.6 is 39.1 Å². The van der Waals surface area contributed by atoms with Gasteiger partial charge in [-0.15, -0.1) is 0 Å². The molecule has 3 aromatic carbocycles. The SMILES string of the molecule is CC1(C)Cc2c(ccc3c2N(C(=O)NCc2ccccc2Br)C(Nc2c(Cl)cccc2Cl)N3)O1. The van der Waals surface area contributed by atoms with Crippen molar-refractivity contribution in [2.45, 2.75) is 38.7 Å². The van der Waals surface area contributed by atoms with Gasteiger partial charge in [0.15, 0.2) is 6.29 Å². The number of nitrogens with zero attached hydrogens (tertiary/aromatic N) is 1. The van der Waals surface area contributed by atoms with Gasteiger partial charge in [-0.25, -0.2) is 4.79 Å². The topological polar surface area (TPSA) is 65.6 Å². The molecular formula is C25H23BrCl2N4O2. The quantitative estimate of drug-likeness (QED) is 0.320. The van der Waals surface area contributed by atoms with Gasteiger partial charge in [0, 0.05) is 23.0 Å². The zero-order chi connectivity index (χ0) is 24.0. The van der Waals surface area contributed by atoms with E-state index in [0.717, 1.165) is 32.7 Å². The monoisotopic (exact) mass is 560 g/mol. The van der Waals surface area contributed by atoms with Crippen LogP contribution in [-0.2, 0) is 13.0 Å². The van der Waals surface area contributed by atoms with E-state index in [0.29, 0.717) is 28.7 Å². The molecule has 0 fully saturated rings. The van der Waals surface area contributed by atoms with E-state index in [4.69, 9.17) is 27.9 Å². The minimum absolute atomic E-state index is 0.263. The van der Waals surface area contributed by atoms with Crippen LogP contribution in [-0.4, -0.2) is 17.9 Å². The first kappa shape index (κ1) is 23.1. The van der Waals surface area contributed by atoms with Gasteiger partial charge >= 0.3 is 6.03 Å². The van der Waals surface area contributed by atoms with Crippen LogP contribution in [0.3, 0.4) is 0 Å². The van der Waals surface area contributed by atoms with Crippen molar-refractivity contribution in [2.75, 3.05) is 15.5 Å². The third-order valence-electron chi connectivity index (χ3n) is 5.87. The van der Waals surface area contributed by atoms with Crippen molar-refractivity contribution in [3.63, 3.8) is 0 Å². The average molecular weight is 562 g/mol. The lowest BCUT2D eigenvalue weighted by Gasteiger charge is -2.28. The molecule has 0 aromatic heterocycles. The summed E-state index contributed by atoms with van der Waals surface area (Å²) < 4.78 is 7.06. The third-order valence-corrected chi connectivity index (χ3v) is 7.27. The Morgan fingerprint density at radius 3 is 2.62 bits per heavy atom. The van der Waals surface area contributed by atoms with Crippen molar-refractivity contribution < 1.29 is 9.53 Å². The van der Waals surface area contributed by atoms with Crippen LogP contribution in [0.5, 0.6) is 5.75 Å². The van der Waals surface area contributed by atoms with Gasteiger partial charge in [-0.05, 0) is 49.7 Å². The van der Waals surface area contributed by atoms with Crippen LogP contribution < -0.4 is 25.6 Å². The highest BCUT2D eigenvalue weighted by molar-refractivity contribution is 9.10. The lowest BCUT2D eigenvalue weighted by Crippen LogP contribution is -2.50. The Labute approximate surface area is 216 Å². The van der Waals surface area contributed by atoms with Gasteiger partial charge in [0.1, 0.15) is 11.4 Å². The molecule has 6 nitrogen and oxygen atoms in total. The van der Waals surface area contributed by atoms with E-state index in [1.165, 1.54) is 0 Å². The van der Waals surface area contributed by atoms with Gasteiger partial charge in [0.2, 0.25) is 0 Å². The van der Waals surface area contributed by atoms with Crippen LogP contribution in [0.4, 0.5) is 21.9 Å². The predicted octanol–water partition coefficient (Wildman–Crippen LogP) is 7.01. The summed E-state index contributed by atoms with van der Waals surface area (Å²) in [6.07, 6.45) is 0.0719. The number of carbonyl (C=O) groups is 1. The molecule has 9 heteroatoms. The van der Waals surface area contributed by atoms with Crippen molar-refractivity contribution in [3.05, 3.63) is 80.2 Å². The van der Waals surface area contributed by atoms with Crippen LogP contribution in [0.25, 0.3) is 0 Å². The molecule has 0 spiro atoms. The number of halogens is 3. The molecule has 1 unspecified atom stereocenters. The van der Waals surface area contributed by atoms with Crippen LogP contribution in [0.2, 0.25) is 10.0 Å². The molecule has 0 saturated carbocycles. The minimum atomic E-state index is -0.609. The Balaban J connectivity index is 1.50. The maximum atomic E-state index is 13.6. The molecule has 0 aliphatic carbocycles. The zero-order valence-electron chi connectivity index (χ0n) is 18.6. The Kier molecular flexibility index (Phi) is 6.04. The number of hydrogen-bond donors (Lipinski definition) is 3. The van der Waals surface area contributed by atoms with Crippen LogP contribution in [0, 0.1) is 0 Å². The summed E-state index contributed by atoms with van der Waals surface area (Å²) in [5.74, 6) is 0.783. The third kappa shape index (κ3) is 4.28. The van der Waals surface area contributed by atoms with Gasteiger partial charge in [-0.3, -0.25) is 4.90 Å². The van der Waals surface area contributed by atoms with E-state index in [-0.39, 0.29) is 11.6 Å². The molecule has 176 valence electrons. The second-order valence-electron chi connectivity index (χ2n) is 8.88. The summed E-state index contributed by atoms with van der Waals surface area (Å²) in [4.78, 5) is 15.3. The fourth-order valence-electron chi connectivity index (χ4n) is 4.37. The second-order valence-corrected chi connectivity index (χ2v) is 10.6. The molecule has 1 atom stereocenters. The second kappa shape index (κ2) is 8.87. The summed E-state index contributed by atoms with van der Waals surface area (Å²) >= 11 is 16.4. The molecule has 5 rings (SSSR count). The maximum absolute atomic E-state index is 13.6. The molecule has 34 heavy (non-hydrogen) atoms. The first-order valence-electron chi connectivity index (χ1n) is 10.9. The number of anilines is 3. The number of benzene rings is 3. The summed E-state index contributed by atoms with van der Waals surface area (Å²) in [6.45, 7) is 4.44. The summed E-state index contributed by atoms with van der Waals surface area (Å²) in [5, 5.41) is 10.7. The maximum Gasteiger partial charge on any atom is 0.325 e. The molecule has 2 amide bonds. The number of urea groups is 1. The molecule has 2 aliphatic rings. The Bertz CT molecular complexity index is 1260. The standard InChI is InChI=1S/C25H23BrCl2N4O2/c1-25(2)12-15-20(34-25)11-10-19-22(15)32(24(33)29-13-14-6-3-4-7-16(14)26)23(30-19)31-21-17(27)8-5-9-18(21)28/h3-11,23,30-31H,12-13H2,1-2H3,(H,29,33). The largest absolute Gasteiger partial charge is 0.487 e. The molecule has 2 aliphatic heterocycles.